The van der Waals surface area contributed by atoms with Crippen LogP contribution in [0.1, 0.15) is 19.8 Å². The van der Waals surface area contributed by atoms with Crippen molar-refractivity contribution >= 4 is 21.5 Å². The van der Waals surface area contributed by atoms with E-state index in [2.05, 4.69) is 0 Å². The predicted octanol–water partition coefficient (Wildman–Crippen LogP) is 0.283. The number of hydrogen-bond acceptors (Lipinski definition) is 3. The third-order valence-electron chi connectivity index (χ3n) is 1.89. The monoisotopic (exact) mass is 260 g/mol. The molecule has 90 valence electrons. The molecule has 0 aliphatic carbocycles. The number of rotatable bonds is 6. The normalized spacial score (nSPS) is 15.3. The Morgan fingerprint density at radius 2 is 1.47 bits per heavy atom. The van der Waals surface area contributed by atoms with E-state index in [0.29, 0.717) is 6.29 Å². The van der Waals surface area contributed by atoms with Crippen molar-refractivity contribution in [2.45, 2.75) is 25.2 Å². The molecule has 1 unspecified atom stereocenters. The van der Waals surface area contributed by atoms with Gasteiger partial charge in [-0.15, -0.1) is 0 Å². The van der Waals surface area contributed by atoms with Gasteiger partial charge in [-0.25, -0.2) is 0 Å². The Labute approximate surface area is 86.8 Å². The summed E-state index contributed by atoms with van der Waals surface area (Å²) in [5.41, 5.74) is 0. The fourth-order valence-electron chi connectivity index (χ4n) is 1.01. The minimum Gasteiger partial charge on any atom is -0.324 e. The molecule has 0 radical (unpaired) electrons. The lowest BCUT2D eigenvalue weighted by Crippen LogP contribution is -2.11. The van der Waals surface area contributed by atoms with Crippen molar-refractivity contribution in [3.63, 3.8) is 0 Å². The van der Waals surface area contributed by atoms with Crippen LogP contribution in [-0.2, 0) is 13.9 Å². The van der Waals surface area contributed by atoms with Crippen LogP contribution in [-0.4, -0.2) is 31.3 Å². The van der Waals surface area contributed by atoms with Crippen molar-refractivity contribution in [2.75, 3.05) is 0 Å². The van der Waals surface area contributed by atoms with E-state index in [4.69, 9.17) is 19.6 Å². The first-order valence-electron chi connectivity index (χ1n) is 4.14. The molecule has 0 aromatic carbocycles. The second-order valence-corrected chi connectivity index (χ2v) is 7.36. The molecule has 0 rings (SSSR count). The van der Waals surface area contributed by atoms with Gasteiger partial charge in [-0.1, -0.05) is 6.92 Å². The highest BCUT2D eigenvalue weighted by Gasteiger charge is 2.42. The molecule has 0 spiro atoms. The van der Waals surface area contributed by atoms with E-state index >= 15 is 0 Å². The van der Waals surface area contributed by atoms with Gasteiger partial charge in [0.05, 0.1) is 0 Å². The van der Waals surface area contributed by atoms with Gasteiger partial charge in [-0.05, 0) is 12.8 Å². The summed E-state index contributed by atoms with van der Waals surface area (Å²) in [5.74, 6) is -0.481. The van der Waals surface area contributed by atoms with Crippen LogP contribution in [0, 0.1) is 5.92 Å². The smallest absolute Gasteiger partial charge is 0.324 e. The standard InChI is InChI=1S/C6H14O7P2/c1-5(4-7)2-3-6(14(8,9)10)15(11,12)13/h4-6H,2-3H2,1H3,(H2,8,9,10)(H2,11,12,13). The Bertz CT molecular complexity index is 281. The Hall–Kier alpha value is -0.0300. The largest absolute Gasteiger partial charge is 0.340 e. The topological polar surface area (TPSA) is 132 Å². The lowest BCUT2D eigenvalue weighted by atomic mass is 10.1. The van der Waals surface area contributed by atoms with E-state index in [1.807, 2.05) is 0 Å². The number of carbonyl (C=O) groups is 1. The second-order valence-electron chi connectivity index (χ2n) is 3.35. The Morgan fingerprint density at radius 1 is 1.07 bits per heavy atom. The maximum atomic E-state index is 10.8. The number of carbonyl (C=O) groups excluding carboxylic acids is 1. The summed E-state index contributed by atoms with van der Waals surface area (Å²) < 4.78 is 21.6. The van der Waals surface area contributed by atoms with Gasteiger partial charge < -0.3 is 24.4 Å². The highest BCUT2D eigenvalue weighted by molar-refractivity contribution is 7.70. The van der Waals surface area contributed by atoms with E-state index in [0.717, 1.165) is 0 Å². The van der Waals surface area contributed by atoms with Crippen LogP contribution in [0.3, 0.4) is 0 Å². The van der Waals surface area contributed by atoms with Crippen molar-refractivity contribution in [1.82, 2.24) is 0 Å². The maximum absolute atomic E-state index is 10.8. The summed E-state index contributed by atoms with van der Waals surface area (Å²) in [6, 6.07) is 0. The molecule has 0 aliphatic rings. The molecule has 4 N–H and O–H groups in total. The zero-order valence-corrected chi connectivity index (χ0v) is 9.84. The lowest BCUT2D eigenvalue weighted by molar-refractivity contribution is -0.110. The predicted molar refractivity (Wildman–Crippen MR) is 52.3 cm³/mol. The molecule has 0 bridgehead atoms. The van der Waals surface area contributed by atoms with Crippen molar-refractivity contribution in [2.24, 2.45) is 5.92 Å². The van der Waals surface area contributed by atoms with Gasteiger partial charge in [0, 0.05) is 5.92 Å². The van der Waals surface area contributed by atoms with E-state index in [-0.39, 0.29) is 12.8 Å². The molecule has 0 aliphatic heterocycles. The van der Waals surface area contributed by atoms with E-state index in [1.165, 1.54) is 6.92 Å². The average Bonchev–Trinajstić information content (AvgIpc) is 1.99. The summed E-state index contributed by atoms with van der Waals surface area (Å²) in [7, 11) is -9.69. The zero-order valence-electron chi connectivity index (χ0n) is 8.05. The van der Waals surface area contributed by atoms with Crippen LogP contribution in [0.5, 0.6) is 0 Å². The van der Waals surface area contributed by atoms with Crippen molar-refractivity contribution in [3.05, 3.63) is 0 Å². The molecule has 15 heavy (non-hydrogen) atoms. The first-order chi connectivity index (χ1) is 6.59. The van der Waals surface area contributed by atoms with Crippen LogP contribution < -0.4 is 0 Å². The summed E-state index contributed by atoms with van der Waals surface area (Å²) >= 11 is 0. The molecule has 0 amide bonds. The molecular weight excluding hydrogens is 246 g/mol. The summed E-state index contributed by atoms with van der Waals surface area (Å²) in [5, 5.41) is -2.01. The highest BCUT2D eigenvalue weighted by Crippen LogP contribution is 2.61. The molecule has 0 fully saturated rings. The first kappa shape index (κ1) is 15.0. The minimum atomic E-state index is -4.84. The molecule has 0 aromatic rings. The number of hydrogen-bond donors (Lipinski definition) is 4. The maximum Gasteiger partial charge on any atom is 0.340 e. The molecule has 7 nitrogen and oxygen atoms in total. The van der Waals surface area contributed by atoms with Gasteiger partial charge in [-0.3, -0.25) is 9.13 Å². The lowest BCUT2D eigenvalue weighted by Gasteiger charge is -2.19. The Balaban J connectivity index is 4.63. The molecule has 9 heteroatoms. The molecule has 0 heterocycles. The minimum absolute atomic E-state index is 0.0321. The summed E-state index contributed by atoms with van der Waals surface area (Å²) in [4.78, 5) is 45.1. The molecule has 0 aromatic heterocycles. The van der Waals surface area contributed by atoms with Gasteiger partial charge in [0.2, 0.25) is 0 Å². The fourth-order valence-corrected chi connectivity index (χ4v) is 3.55. The molecule has 1 atom stereocenters. The SMILES string of the molecule is CC(C=O)CCC(P(=O)(O)O)P(=O)(O)O. The molecule has 0 saturated carbocycles. The van der Waals surface area contributed by atoms with Crippen molar-refractivity contribution in [3.8, 4) is 0 Å². The summed E-state index contributed by atoms with van der Waals surface area (Å²) in [6.45, 7) is 1.50. The van der Waals surface area contributed by atoms with Crippen molar-refractivity contribution < 1.29 is 33.5 Å². The van der Waals surface area contributed by atoms with Crippen LogP contribution in [0.4, 0.5) is 0 Å². The molecule has 0 saturated heterocycles. The van der Waals surface area contributed by atoms with Gasteiger partial charge >= 0.3 is 15.2 Å². The Morgan fingerprint density at radius 3 is 1.73 bits per heavy atom. The second kappa shape index (κ2) is 5.34. The van der Waals surface area contributed by atoms with Gasteiger partial charge in [-0.2, -0.15) is 0 Å². The first-order valence-corrected chi connectivity index (χ1v) is 7.51. The van der Waals surface area contributed by atoms with E-state index < -0.39 is 26.5 Å². The van der Waals surface area contributed by atoms with E-state index in [1.54, 1.807) is 0 Å². The Kier molecular flexibility index (Phi) is 5.33. The van der Waals surface area contributed by atoms with Gasteiger partial charge in [0.25, 0.3) is 0 Å². The average molecular weight is 260 g/mol. The van der Waals surface area contributed by atoms with Crippen LogP contribution in [0.25, 0.3) is 0 Å². The third kappa shape index (κ3) is 5.56. The third-order valence-corrected chi connectivity index (χ3v) is 5.76. The number of aldehydes is 1. The quantitative estimate of drug-likeness (QED) is 0.398. The van der Waals surface area contributed by atoms with Crippen LogP contribution in [0.15, 0.2) is 0 Å². The fraction of sp³-hybridized carbons (Fsp3) is 0.833. The highest BCUT2D eigenvalue weighted by atomic mass is 31.2. The van der Waals surface area contributed by atoms with Crippen LogP contribution >= 0.6 is 15.2 Å². The van der Waals surface area contributed by atoms with Crippen molar-refractivity contribution in [1.29, 1.82) is 0 Å². The van der Waals surface area contributed by atoms with Crippen LogP contribution in [0.2, 0.25) is 0 Å². The molecular formula is C6H14O7P2. The van der Waals surface area contributed by atoms with Gasteiger partial charge in [0.15, 0.2) is 5.40 Å². The summed E-state index contributed by atoms with van der Waals surface area (Å²) in [6.07, 6.45) is 0.218. The zero-order chi connectivity index (χ0) is 12.3. The van der Waals surface area contributed by atoms with Gasteiger partial charge in [0.1, 0.15) is 6.29 Å². The van der Waals surface area contributed by atoms with E-state index in [9.17, 15) is 13.9 Å².